The number of rotatable bonds is 8. The van der Waals surface area contributed by atoms with Gasteiger partial charge in [0, 0.05) is 28.6 Å². The molecular formula is C23H23ClFNO3S. The predicted octanol–water partition coefficient (Wildman–Crippen LogP) is 5.98. The number of carboxylic acid groups (broad SMARTS) is 1. The molecule has 1 fully saturated rings. The Morgan fingerprint density at radius 3 is 2.93 bits per heavy atom. The number of aromatic carboxylic acids is 1. The number of aryl methyl sites for hydroxylation is 1. The first-order chi connectivity index (χ1) is 14.5. The lowest BCUT2D eigenvalue weighted by Gasteiger charge is -2.22. The maximum atomic E-state index is 14.3. The third-order valence-corrected chi connectivity index (χ3v) is 7.54. The number of benzene rings is 1. The third kappa shape index (κ3) is 4.76. The van der Waals surface area contributed by atoms with Crippen LogP contribution in [0.5, 0.6) is 5.75 Å². The van der Waals surface area contributed by atoms with Gasteiger partial charge in [0.2, 0.25) is 0 Å². The molecular weight excluding hydrogens is 425 g/mol. The second kappa shape index (κ2) is 9.31. The summed E-state index contributed by atoms with van der Waals surface area (Å²) in [5, 5.41) is 10.6. The Kier molecular flexibility index (Phi) is 6.54. The van der Waals surface area contributed by atoms with Crippen molar-refractivity contribution in [3.05, 3.63) is 58.5 Å². The molecule has 0 radical (unpaired) electrons. The van der Waals surface area contributed by atoms with E-state index in [9.17, 15) is 9.18 Å². The summed E-state index contributed by atoms with van der Waals surface area (Å²) in [6, 6.07) is 11.3. The smallest absolute Gasteiger partial charge is 0.345 e. The molecule has 7 heteroatoms. The largest absolute Gasteiger partial charge is 0.493 e. The molecule has 4 atom stereocenters. The van der Waals surface area contributed by atoms with Crippen LogP contribution in [-0.2, 0) is 6.42 Å². The van der Waals surface area contributed by atoms with Crippen molar-refractivity contribution in [2.75, 3.05) is 6.61 Å². The third-order valence-electron chi connectivity index (χ3n) is 5.81. The van der Waals surface area contributed by atoms with Crippen LogP contribution in [0.15, 0.2) is 48.8 Å². The maximum Gasteiger partial charge on any atom is 0.345 e. The molecule has 158 valence electrons. The van der Waals surface area contributed by atoms with E-state index in [1.54, 1.807) is 12.3 Å². The number of fused-ring (bicyclic) bond motifs is 1. The fourth-order valence-electron chi connectivity index (χ4n) is 4.19. The van der Waals surface area contributed by atoms with Crippen molar-refractivity contribution in [3.8, 4) is 5.75 Å². The van der Waals surface area contributed by atoms with Crippen LogP contribution in [-0.4, -0.2) is 34.2 Å². The van der Waals surface area contributed by atoms with E-state index in [2.05, 4.69) is 4.98 Å². The normalized spacial score (nSPS) is 23.7. The molecule has 0 aliphatic heterocycles. The van der Waals surface area contributed by atoms with Crippen molar-refractivity contribution in [1.82, 2.24) is 4.98 Å². The Morgan fingerprint density at radius 2 is 2.13 bits per heavy atom. The molecule has 4 nitrogen and oxygen atoms in total. The van der Waals surface area contributed by atoms with Crippen LogP contribution in [0.1, 0.15) is 33.8 Å². The highest BCUT2D eigenvalue weighted by Gasteiger charge is 2.42. The number of hydrogen-bond donors (Lipinski definition) is 1. The minimum atomic E-state index is -1.02. The molecule has 4 rings (SSSR count). The SMILES string of the molecule is O=C(O)c1ccc(CCC[C@H]2CC(F)C(Cl)C2COc2ccc3cnccc3c2)s1. The van der Waals surface area contributed by atoms with Crippen molar-refractivity contribution < 1.29 is 19.0 Å². The van der Waals surface area contributed by atoms with Gasteiger partial charge in [-0.2, -0.15) is 0 Å². The van der Waals surface area contributed by atoms with Gasteiger partial charge in [-0.25, -0.2) is 9.18 Å². The standard InChI is InChI=1S/C23H23ClFNO3S/c24-22-19(13-29-17-5-4-16-12-26-9-8-14(16)10-17)15(11-20(22)25)2-1-3-18-6-7-21(30-18)23(27)28/h4-10,12,15,19-20,22H,1-3,11,13H2,(H,27,28)/t15-,19?,20?,22?/m0/s1. The van der Waals surface area contributed by atoms with Crippen molar-refractivity contribution >= 4 is 39.7 Å². The molecule has 3 unspecified atom stereocenters. The molecule has 0 bridgehead atoms. The maximum absolute atomic E-state index is 14.3. The monoisotopic (exact) mass is 447 g/mol. The summed E-state index contributed by atoms with van der Waals surface area (Å²) in [7, 11) is 0. The molecule has 1 aliphatic carbocycles. The van der Waals surface area contributed by atoms with E-state index in [1.165, 1.54) is 11.3 Å². The molecule has 2 heterocycles. The molecule has 1 aromatic carbocycles. The summed E-state index contributed by atoms with van der Waals surface area (Å²) >= 11 is 7.70. The molecule has 3 aromatic rings. The highest BCUT2D eigenvalue weighted by atomic mass is 35.5. The van der Waals surface area contributed by atoms with Gasteiger partial charge in [0.1, 0.15) is 16.8 Å². The summed E-state index contributed by atoms with van der Waals surface area (Å²) < 4.78 is 20.3. The fourth-order valence-corrected chi connectivity index (χ4v) is 5.46. The molecule has 0 spiro atoms. The zero-order valence-corrected chi connectivity index (χ0v) is 17.9. The van der Waals surface area contributed by atoms with Crippen LogP contribution in [0.3, 0.4) is 0 Å². The quantitative estimate of drug-likeness (QED) is 0.431. The summed E-state index contributed by atoms with van der Waals surface area (Å²) in [6.07, 6.45) is 5.51. The van der Waals surface area contributed by atoms with E-state index in [4.69, 9.17) is 21.4 Å². The van der Waals surface area contributed by atoms with Crippen molar-refractivity contribution in [3.63, 3.8) is 0 Å². The van der Waals surface area contributed by atoms with Crippen LogP contribution in [0.25, 0.3) is 10.8 Å². The fraction of sp³-hybridized carbons (Fsp3) is 0.391. The second-order valence-corrected chi connectivity index (χ2v) is 9.45. The average Bonchev–Trinajstić information content (AvgIpc) is 3.32. The molecule has 1 N–H and O–H groups in total. The van der Waals surface area contributed by atoms with Gasteiger partial charge in [-0.15, -0.1) is 22.9 Å². The number of halogens is 2. The number of ether oxygens (including phenoxy) is 1. The highest BCUT2D eigenvalue weighted by Crippen LogP contribution is 2.41. The van der Waals surface area contributed by atoms with E-state index in [-0.39, 0.29) is 11.8 Å². The number of alkyl halides is 2. The lowest BCUT2D eigenvalue weighted by Crippen LogP contribution is -2.25. The minimum absolute atomic E-state index is 0.0484. The topological polar surface area (TPSA) is 59.4 Å². The highest BCUT2D eigenvalue weighted by molar-refractivity contribution is 7.13. The molecule has 30 heavy (non-hydrogen) atoms. The van der Waals surface area contributed by atoms with Gasteiger partial charge in [-0.05, 0) is 73.4 Å². The van der Waals surface area contributed by atoms with Crippen molar-refractivity contribution in [2.24, 2.45) is 11.8 Å². The Labute approximate surface area is 183 Å². The average molecular weight is 448 g/mol. The van der Waals surface area contributed by atoms with Crippen LogP contribution >= 0.6 is 22.9 Å². The first-order valence-electron chi connectivity index (χ1n) is 10.1. The number of hydrogen-bond acceptors (Lipinski definition) is 4. The van der Waals surface area contributed by atoms with Crippen LogP contribution < -0.4 is 4.74 Å². The Bertz CT molecular complexity index is 1030. The molecule has 1 aliphatic rings. The molecule has 1 saturated carbocycles. The molecule has 0 amide bonds. The summed E-state index contributed by atoms with van der Waals surface area (Å²) in [4.78, 5) is 16.5. The van der Waals surface area contributed by atoms with Gasteiger partial charge in [0.05, 0.1) is 12.0 Å². The predicted molar refractivity (Wildman–Crippen MR) is 118 cm³/mol. The Morgan fingerprint density at radius 1 is 1.27 bits per heavy atom. The van der Waals surface area contributed by atoms with E-state index in [0.29, 0.717) is 17.9 Å². The number of thiophene rings is 1. The van der Waals surface area contributed by atoms with Crippen molar-refractivity contribution in [1.29, 1.82) is 0 Å². The number of nitrogens with zero attached hydrogens (tertiary/aromatic N) is 1. The zero-order chi connectivity index (χ0) is 21.1. The Balaban J connectivity index is 1.34. The molecule has 2 aromatic heterocycles. The molecule has 0 saturated heterocycles. The van der Waals surface area contributed by atoms with E-state index < -0.39 is 17.5 Å². The zero-order valence-electron chi connectivity index (χ0n) is 16.3. The van der Waals surface area contributed by atoms with Gasteiger partial charge in [-0.3, -0.25) is 4.98 Å². The minimum Gasteiger partial charge on any atom is -0.493 e. The summed E-state index contributed by atoms with van der Waals surface area (Å²) in [6.45, 7) is 0.387. The van der Waals surface area contributed by atoms with Crippen LogP contribution in [0.4, 0.5) is 4.39 Å². The van der Waals surface area contributed by atoms with E-state index in [0.717, 1.165) is 40.7 Å². The lowest BCUT2D eigenvalue weighted by atomic mass is 9.91. The summed E-state index contributed by atoms with van der Waals surface area (Å²) in [5.41, 5.74) is 0. The van der Waals surface area contributed by atoms with Gasteiger partial charge >= 0.3 is 5.97 Å². The lowest BCUT2D eigenvalue weighted by molar-refractivity contribution is 0.0702. The van der Waals surface area contributed by atoms with Gasteiger partial charge in [0.25, 0.3) is 0 Å². The first-order valence-corrected chi connectivity index (χ1v) is 11.3. The van der Waals surface area contributed by atoms with E-state index >= 15 is 0 Å². The van der Waals surface area contributed by atoms with Gasteiger partial charge in [-0.1, -0.05) is 0 Å². The number of carboxylic acids is 1. The van der Waals surface area contributed by atoms with Crippen LogP contribution in [0, 0.1) is 11.8 Å². The second-order valence-electron chi connectivity index (χ2n) is 7.78. The first kappa shape index (κ1) is 21.1. The number of aromatic nitrogens is 1. The van der Waals surface area contributed by atoms with Crippen LogP contribution in [0.2, 0.25) is 0 Å². The van der Waals surface area contributed by atoms with E-state index in [1.807, 2.05) is 36.5 Å². The van der Waals surface area contributed by atoms with Gasteiger partial charge in [0.15, 0.2) is 0 Å². The van der Waals surface area contributed by atoms with Gasteiger partial charge < -0.3 is 9.84 Å². The number of pyridine rings is 1. The summed E-state index contributed by atoms with van der Waals surface area (Å²) in [5.74, 6) is -0.0355. The number of carbonyl (C=O) groups is 1. The Hall–Kier alpha value is -2.18. The van der Waals surface area contributed by atoms with Crippen molar-refractivity contribution in [2.45, 2.75) is 37.2 Å².